The maximum atomic E-state index is 13.0. The first kappa shape index (κ1) is 17.6. The van der Waals surface area contributed by atoms with Crippen LogP contribution in [0.5, 0.6) is 0 Å². The average Bonchev–Trinajstić information content (AvgIpc) is 2.91. The number of rotatable bonds is 3. The number of benzene rings is 1. The van der Waals surface area contributed by atoms with Gasteiger partial charge in [-0.25, -0.2) is 0 Å². The number of carbonyl (C=O) groups is 1. The summed E-state index contributed by atoms with van der Waals surface area (Å²) in [4.78, 5) is 14.9. The van der Waals surface area contributed by atoms with E-state index in [2.05, 4.69) is 5.32 Å². The number of nitrogens with zero attached hydrogens (tertiary/aromatic N) is 1. The van der Waals surface area contributed by atoms with E-state index in [0.29, 0.717) is 18.4 Å². The van der Waals surface area contributed by atoms with Crippen LogP contribution in [0.4, 0.5) is 0 Å². The van der Waals surface area contributed by atoms with E-state index in [0.717, 1.165) is 30.1 Å². The Labute approximate surface area is 143 Å². The van der Waals surface area contributed by atoms with Gasteiger partial charge < -0.3 is 10.2 Å². The molecule has 1 N–H and O–H groups in total. The first-order valence-corrected chi connectivity index (χ1v) is 8.20. The summed E-state index contributed by atoms with van der Waals surface area (Å²) in [5.74, 6) is 0.817. The molecule has 1 aromatic carbocycles. The number of hydrogen-bond donors (Lipinski definition) is 1. The highest BCUT2D eigenvalue weighted by Crippen LogP contribution is 2.45. The zero-order valence-electron chi connectivity index (χ0n) is 13.0. The molecule has 22 heavy (non-hydrogen) atoms. The Morgan fingerprint density at radius 2 is 2.27 bits per heavy atom. The predicted molar refractivity (Wildman–Crippen MR) is 92.4 cm³/mol. The minimum absolute atomic E-state index is 0. The molecule has 0 bridgehead atoms. The first-order valence-electron chi connectivity index (χ1n) is 7.82. The minimum atomic E-state index is -0.161. The molecule has 0 radical (unpaired) electrons. The number of halogens is 2. The van der Waals surface area contributed by atoms with E-state index < -0.39 is 0 Å². The Kier molecular flexibility index (Phi) is 5.76. The maximum Gasteiger partial charge on any atom is 0.230 e. The van der Waals surface area contributed by atoms with Crippen LogP contribution < -0.4 is 5.32 Å². The van der Waals surface area contributed by atoms with Crippen LogP contribution in [0.2, 0.25) is 5.02 Å². The summed E-state index contributed by atoms with van der Waals surface area (Å²) in [5, 5.41) is 4.17. The lowest BCUT2D eigenvalue weighted by Crippen LogP contribution is -2.48. The van der Waals surface area contributed by atoms with Gasteiger partial charge in [-0.2, -0.15) is 0 Å². The quantitative estimate of drug-likeness (QED) is 0.911. The van der Waals surface area contributed by atoms with Crippen LogP contribution >= 0.6 is 24.0 Å². The van der Waals surface area contributed by atoms with Gasteiger partial charge in [-0.1, -0.05) is 36.6 Å². The van der Waals surface area contributed by atoms with Gasteiger partial charge in [0.1, 0.15) is 0 Å². The molecule has 1 aromatic rings. The number of amides is 1. The smallest absolute Gasteiger partial charge is 0.230 e. The summed E-state index contributed by atoms with van der Waals surface area (Å²) < 4.78 is 0. The molecule has 2 fully saturated rings. The maximum absolute atomic E-state index is 13.0. The molecule has 1 aliphatic heterocycles. The van der Waals surface area contributed by atoms with Crippen molar-refractivity contribution in [1.29, 1.82) is 0 Å². The van der Waals surface area contributed by atoms with Crippen molar-refractivity contribution in [2.75, 3.05) is 20.1 Å². The first-order chi connectivity index (χ1) is 10.1. The molecule has 0 aromatic heterocycles. The third kappa shape index (κ3) is 3.27. The third-order valence-electron chi connectivity index (χ3n) is 5.12. The molecule has 0 spiro atoms. The zero-order valence-corrected chi connectivity index (χ0v) is 14.6. The van der Waals surface area contributed by atoms with E-state index in [9.17, 15) is 4.79 Å². The van der Waals surface area contributed by atoms with Crippen LogP contribution in [0.3, 0.4) is 0 Å². The highest BCUT2D eigenvalue weighted by Gasteiger charge is 2.50. The topological polar surface area (TPSA) is 32.3 Å². The summed E-state index contributed by atoms with van der Waals surface area (Å²) in [6.07, 6.45) is 4.65. The fourth-order valence-electron chi connectivity index (χ4n) is 4.03. The zero-order chi connectivity index (χ0) is 14.9. The highest BCUT2D eigenvalue weighted by molar-refractivity contribution is 6.30. The molecule has 1 heterocycles. The van der Waals surface area contributed by atoms with Crippen LogP contribution in [0, 0.1) is 11.3 Å². The Bertz CT molecular complexity index is 537. The molecule has 3 rings (SSSR count). The number of nitrogens with one attached hydrogen (secondary N) is 1. The monoisotopic (exact) mass is 342 g/mol. The second-order valence-corrected chi connectivity index (χ2v) is 6.96. The molecule has 1 saturated heterocycles. The highest BCUT2D eigenvalue weighted by atomic mass is 35.5. The molecule has 122 valence electrons. The van der Waals surface area contributed by atoms with Crippen LogP contribution in [-0.4, -0.2) is 30.9 Å². The lowest BCUT2D eigenvalue weighted by atomic mass is 9.67. The Morgan fingerprint density at radius 1 is 1.45 bits per heavy atom. The van der Waals surface area contributed by atoms with Gasteiger partial charge in [0.05, 0.1) is 5.41 Å². The second kappa shape index (κ2) is 7.20. The average molecular weight is 343 g/mol. The van der Waals surface area contributed by atoms with E-state index in [1.807, 2.05) is 36.2 Å². The SMILES string of the molecule is CN(Cc1cccc(Cl)c1)C(=O)[C@@]12CCCC[C@H]1CNC2.Cl. The molecule has 1 amide bonds. The van der Waals surface area contributed by atoms with Crippen molar-refractivity contribution in [3.8, 4) is 0 Å². The van der Waals surface area contributed by atoms with Crippen molar-refractivity contribution >= 4 is 29.9 Å². The molecule has 2 atom stereocenters. The number of carbonyl (C=O) groups excluding carboxylic acids is 1. The van der Waals surface area contributed by atoms with Crippen molar-refractivity contribution in [2.24, 2.45) is 11.3 Å². The minimum Gasteiger partial charge on any atom is -0.341 e. The number of fused-ring (bicyclic) bond motifs is 1. The van der Waals surface area contributed by atoms with Gasteiger partial charge in [0.25, 0.3) is 0 Å². The van der Waals surface area contributed by atoms with E-state index in [-0.39, 0.29) is 17.8 Å². The van der Waals surface area contributed by atoms with Gasteiger partial charge in [-0.05, 0) is 43.0 Å². The van der Waals surface area contributed by atoms with Crippen LogP contribution in [0.1, 0.15) is 31.2 Å². The van der Waals surface area contributed by atoms with Gasteiger partial charge in [-0.15, -0.1) is 12.4 Å². The predicted octanol–water partition coefficient (Wildman–Crippen LogP) is 3.50. The lowest BCUT2D eigenvalue weighted by molar-refractivity contribution is -0.144. The van der Waals surface area contributed by atoms with Crippen LogP contribution in [0.15, 0.2) is 24.3 Å². The fourth-order valence-corrected chi connectivity index (χ4v) is 4.24. The van der Waals surface area contributed by atoms with Crippen molar-refractivity contribution in [3.63, 3.8) is 0 Å². The summed E-state index contributed by atoms with van der Waals surface area (Å²) in [7, 11) is 1.92. The normalized spacial score (nSPS) is 26.9. The summed E-state index contributed by atoms with van der Waals surface area (Å²) in [6, 6.07) is 7.77. The van der Waals surface area contributed by atoms with E-state index in [1.165, 1.54) is 19.3 Å². The van der Waals surface area contributed by atoms with Gasteiger partial charge in [0, 0.05) is 25.2 Å². The molecule has 1 aliphatic carbocycles. The molecule has 1 saturated carbocycles. The number of hydrogen-bond acceptors (Lipinski definition) is 2. The second-order valence-electron chi connectivity index (χ2n) is 6.52. The summed E-state index contributed by atoms with van der Waals surface area (Å²) >= 11 is 6.03. The largest absolute Gasteiger partial charge is 0.341 e. The van der Waals surface area contributed by atoms with E-state index in [4.69, 9.17) is 11.6 Å². The van der Waals surface area contributed by atoms with E-state index in [1.54, 1.807) is 0 Å². The van der Waals surface area contributed by atoms with Crippen molar-refractivity contribution in [2.45, 2.75) is 32.2 Å². The molecule has 2 aliphatic rings. The van der Waals surface area contributed by atoms with Crippen molar-refractivity contribution in [1.82, 2.24) is 10.2 Å². The van der Waals surface area contributed by atoms with Gasteiger partial charge in [0.15, 0.2) is 0 Å². The summed E-state index contributed by atoms with van der Waals surface area (Å²) in [5.41, 5.74) is 0.930. The molecule has 5 heteroatoms. The van der Waals surface area contributed by atoms with Crippen LogP contribution in [-0.2, 0) is 11.3 Å². The van der Waals surface area contributed by atoms with Crippen molar-refractivity contribution < 1.29 is 4.79 Å². The lowest BCUT2D eigenvalue weighted by Gasteiger charge is -2.39. The molecule has 3 nitrogen and oxygen atoms in total. The Morgan fingerprint density at radius 3 is 3.05 bits per heavy atom. The third-order valence-corrected chi connectivity index (χ3v) is 5.35. The van der Waals surface area contributed by atoms with Crippen LogP contribution in [0.25, 0.3) is 0 Å². The molecular formula is C17H24Cl2N2O. The summed E-state index contributed by atoms with van der Waals surface area (Å²) in [6.45, 7) is 2.47. The van der Waals surface area contributed by atoms with Gasteiger partial charge >= 0.3 is 0 Å². The standard InChI is InChI=1S/C17H23ClN2O.ClH/c1-20(11-13-5-4-7-15(18)9-13)16(21)17-8-3-2-6-14(17)10-19-12-17;/h4-5,7,9,14,19H,2-3,6,8,10-12H2,1H3;1H/t14-,17+;/m0./s1. The van der Waals surface area contributed by atoms with E-state index >= 15 is 0 Å². The van der Waals surface area contributed by atoms with Gasteiger partial charge in [0.2, 0.25) is 5.91 Å². The Balaban J connectivity index is 0.00000176. The molecule has 0 unspecified atom stereocenters. The fraction of sp³-hybridized carbons (Fsp3) is 0.588. The molecular weight excluding hydrogens is 319 g/mol. The van der Waals surface area contributed by atoms with Crippen molar-refractivity contribution in [3.05, 3.63) is 34.9 Å². The Hall–Kier alpha value is -0.770. The van der Waals surface area contributed by atoms with Gasteiger partial charge in [-0.3, -0.25) is 4.79 Å².